The van der Waals surface area contributed by atoms with Gasteiger partial charge in [-0.1, -0.05) is 43.6 Å². The molecule has 168 valence electrons. The van der Waals surface area contributed by atoms with Crippen molar-refractivity contribution in [2.24, 2.45) is 0 Å². The number of halogens is 2. The van der Waals surface area contributed by atoms with Gasteiger partial charge in [-0.3, -0.25) is 9.59 Å². The number of hydrogen-bond acceptors (Lipinski definition) is 3. The molecule has 5 nitrogen and oxygen atoms in total. The fourth-order valence-corrected chi connectivity index (χ4v) is 3.61. The Morgan fingerprint density at radius 3 is 2.32 bits per heavy atom. The lowest BCUT2D eigenvalue weighted by Crippen LogP contribution is -2.50. The fourth-order valence-electron chi connectivity index (χ4n) is 2.94. The molecule has 0 saturated carbocycles. The Morgan fingerprint density at radius 2 is 1.74 bits per heavy atom. The van der Waals surface area contributed by atoms with E-state index in [0.29, 0.717) is 10.8 Å². The number of carbonyl (C=O) groups is 2. The summed E-state index contributed by atoms with van der Waals surface area (Å²) in [7, 11) is 0. The molecule has 0 heterocycles. The predicted octanol–water partition coefficient (Wildman–Crippen LogP) is 5.38. The Labute approximate surface area is 198 Å². The van der Waals surface area contributed by atoms with E-state index in [0.717, 1.165) is 22.9 Å². The first-order chi connectivity index (χ1) is 14.7. The minimum Gasteiger partial charge on any atom is -0.483 e. The van der Waals surface area contributed by atoms with Gasteiger partial charge < -0.3 is 15.0 Å². The van der Waals surface area contributed by atoms with E-state index in [9.17, 15) is 9.59 Å². The zero-order chi connectivity index (χ0) is 23.0. The second-order valence-corrected chi connectivity index (χ2v) is 8.84. The smallest absolute Gasteiger partial charge is 0.261 e. The number of nitrogens with one attached hydrogen (secondary N) is 1. The van der Waals surface area contributed by atoms with Gasteiger partial charge in [0, 0.05) is 17.6 Å². The van der Waals surface area contributed by atoms with Crippen molar-refractivity contribution in [3.8, 4) is 5.75 Å². The lowest BCUT2D eigenvalue weighted by atomic mass is 10.1. The molecular weight excluding hydrogens is 480 g/mol. The molecule has 0 unspecified atom stereocenters. The van der Waals surface area contributed by atoms with Gasteiger partial charge in [-0.25, -0.2) is 0 Å². The Balaban J connectivity index is 2.16. The maximum absolute atomic E-state index is 13.1. The van der Waals surface area contributed by atoms with Crippen molar-refractivity contribution < 1.29 is 14.3 Å². The van der Waals surface area contributed by atoms with Crippen LogP contribution in [0, 0.1) is 0 Å². The van der Waals surface area contributed by atoms with Crippen LogP contribution in [0.25, 0.3) is 0 Å². The Bertz CT molecular complexity index is 889. The monoisotopic (exact) mass is 508 g/mol. The number of amides is 2. The predicted molar refractivity (Wildman–Crippen MR) is 128 cm³/mol. The van der Waals surface area contributed by atoms with Crippen molar-refractivity contribution in [1.29, 1.82) is 0 Å². The molecule has 2 aromatic rings. The molecule has 31 heavy (non-hydrogen) atoms. The standard InChI is InChI=1S/C24H30BrClN2O3/c1-5-16(3)27-24(30)17(4)28(14-19-7-10-20(26)11-8-19)23(29)15-31-22-12-9-18(6-2)13-21(22)25/h7-13,16-17H,5-6,14-15H2,1-4H3,(H,27,30)/t16-,17+/m0/s1. The molecule has 0 fully saturated rings. The van der Waals surface area contributed by atoms with Crippen LogP contribution in [0.1, 0.15) is 45.2 Å². The molecule has 0 radical (unpaired) electrons. The molecule has 0 saturated heterocycles. The van der Waals surface area contributed by atoms with Crippen molar-refractivity contribution in [3.63, 3.8) is 0 Å². The number of nitrogens with zero attached hydrogens (tertiary/aromatic N) is 1. The highest BCUT2D eigenvalue weighted by molar-refractivity contribution is 9.10. The van der Waals surface area contributed by atoms with Crippen molar-refractivity contribution in [3.05, 3.63) is 63.1 Å². The number of aryl methyl sites for hydroxylation is 1. The Hall–Kier alpha value is -2.05. The van der Waals surface area contributed by atoms with Crippen LogP contribution < -0.4 is 10.1 Å². The highest BCUT2D eigenvalue weighted by atomic mass is 79.9. The molecule has 0 aliphatic carbocycles. The summed E-state index contributed by atoms with van der Waals surface area (Å²) in [5.41, 5.74) is 2.06. The SMILES string of the molecule is CCc1ccc(OCC(=O)N(Cc2ccc(Cl)cc2)[C@H](C)C(=O)N[C@@H](C)CC)c(Br)c1. The maximum Gasteiger partial charge on any atom is 0.261 e. The first-order valence-corrected chi connectivity index (χ1v) is 11.7. The molecule has 0 spiro atoms. The number of benzene rings is 2. The van der Waals surface area contributed by atoms with E-state index in [-0.39, 0.29) is 31.0 Å². The summed E-state index contributed by atoms with van der Waals surface area (Å²) in [6.45, 7) is 7.87. The first kappa shape index (κ1) is 25.2. The first-order valence-electron chi connectivity index (χ1n) is 10.5. The lowest BCUT2D eigenvalue weighted by Gasteiger charge is -2.29. The normalized spacial score (nSPS) is 12.7. The molecule has 1 N–H and O–H groups in total. The summed E-state index contributed by atoms with van der Waals surface area (Å²) in [5, 5.41) is 3.57. The number of hydrogen-bond donors (Lipinski definition) is 1. The second kappa shape index (κ2) is 12.1. The zero-order valence-electron chi connectivity index (χ0n) is 18.5. The van der Waals surface area contributed by atoms with Crippen LogP contribution in [-0.2, 0) is 22.6 Å². The van der Waals surface area contributed by atoms with Gasteiger partial charge in [-0.2, -0.15) is 0 Å². The van der Waals surface area contributed by atoms with Crippen molar-refractivity contribution in [2.45, 2.75) is 59.2 Å². The molecule has 0 aliphatic rings. The van der Waals surface area contributed by atoms with Crippen LogP contribution in [0.2, 0.25) is 5.02 Å². The summed E-state index contributed by atoms with van der Waals surface area (Å²) in [4.78, 5) is 27.4. The summed E-state index contributed by atoms with van der Waals surface area (Å²) in [5.74, 6) is 0.132. The maximum atomic E-state index is 13.1. The molecule has 0 aliphatic heterocycles. The van der Waals surface area contributed by atoms with Gasteiger partial charge in [0.1, 0.15) is 11.8 Å². The van der Waals surface area contributed by atoms with Crippen LogP contribution in [-0.4, -0.2) is 35.4 Å². The van der Waals surface area contributed by atoms with E-state index in [1.54, 1.807) is 19.1 Å². The second-order valence-electron chi connectivity index (χ2n) is 7.55. The molecular formula is C24H30BrClN2O3. The van der Waals surface area contributed by atoms with E-state index in [4.69, 9.17) is 16.3 Å². The van der Waals surface area contributed by atoms with Gasteiger partial charge in [0.05, 0.1) is 4.47 Å². The third-order valence-electron chi connectivity index (χ3n) is 5.19. The van der Waals surface area contributed by atoms with Crippen LogP contribution in [0.3, 0.4) is 0 Å². The van der Waals surface area contributed by atoms with E-state index in [1.807, 2.05) is 44.2 Å². The molecule has 2 rings (SSSR count). The van der Waals surface area contributed by atoms with Gasteiger partial charge in [0.15, 0.2) is 6.61 Å². The van der Waals surface area contributed by atoms with Crippen LogP contribution in [0.15, 0.2) is 46.9 Å². The lowest BCUT2D eigenvalue weighted by molar-refractivity contribution is -0.142. The zero-order valence-corrected chi connectivity index (χ0v) is 20.8. The Kier molecular flexibility index (Phi) is 9.85. The largest absolute Gasteiger partial charge is 0.483 e. The van der Waals surface area contributed by atoms with Crippen molar-refractivity contribution in [2.75, 3.05) is 6.61 Å². The minimum absolute atomic E-state index is 0.0340. The molecule has 0 bridgehead atoms. The molecule has 2 amide bonds. The molecule has 0 aromatic heterocycles. The third-order valence-corrected chi connectivity index (χ3v) is 6.06. The minimum atomic E-state index is -0.647. The summed E-state index contributed by atoms with van der Waals surface area (Å²) in [6.07, 6.45) is 1.73. The van der Waals surface area contributed by atoms with Gasteiger partial charge in [0.2, 0.25) is 5.91 Å². The van der Waals surface area contributed by atoms with E-state index in [1.165, 1.54) is 10.5 Å². The average molecular weight is 510 g/mol. The molecule has 2 atom stereocenters. The van der Waals surface area contributed by atoms with Crippen molar-refractivity contribution >= 4 is 39.3 Å². The third kappa shape index (κ3) is 7.54. The highest BCUT2D eigenvalue weighted by Gasteiger charge is 2.27. The number of carbonyl (C=O) groups excluding carboxylic acids is 2. The summed E-state index contributed by atoms with van der Waals surface area (Å²) < 4.78 is 6.57. The van der Waals surface area contributed by atoms with Crippen LogP contribution in [0.5, 0.6) is 5.75 Å². The molecule has 2 aromatic carbocycles. The highest BCUT2D eigenvalue weighted by Crippen LogP contribution is 2.26. The van der Waals surface area contributed by atoms with Crippen LogP contribution in [0.4, 0.5) is 0 Å². The van der Waals surface area contributed by atoms with Crippen molar-refractivity contribution in [1.82, 2.24) is 10.2 Å². The molecule has 7 heteroatoms. The number of rotatable bonds is 10. The van der Waals surface area contributed by atoms with Gasteiger partial charge in [-0.15, -0.1) is 0 Å². The van der Waals surface area contributed by atoms with E-state index < -0.39 is 6.04 Å². The fraction of sp³-hybridized carbons (Fsp3) is 0.417. The van der Waals surface area contributed by atoms with Gasteiger partial charge in [0.25, 0.3) is 5.91 Å². The van der Waals surface area contributed by atoms with Gasteiger partial charge in [-0.05, 0) is 78.0 Å². The number of ether oxygens (including phenoxy) is 1. The summed E-state index contributed by atoms with van der Waals surface area (Å²) >= 11 is 9.48. The topological polar surface area (TPSA) is 58.6 Å². The van der Waals surface area contributed by atoms with Gasteiger partial charge >= 0.3 is 0 Å². The summed E-state index contributed by atoms with van der Waals surface area (Å²) in [6, 6.07) is 12.4. The van der Waals surface area contributed by atoms with Crippen LogP contribution >= 0.6 is 27.5 Å². The van der Waals surface area contributed by atoms with E-state index in [2.05, 4.69) is 28.2 Å². The quantitative estimate of drug-likeness (QED) is 0.468. The Morgan fingerprint density at radius 1 is 1.10 bits per heavy atom. The average Bonchev–Trinajstić information content (AvgIpc) is 2.76. The van der Waals surface area contributed by atoms with E-state index >= 15 is 0 Å².